The molecule has 6 amide bonds. The number of carbonyl (C=O) groups is 4. The number of rotatable bonds is 16. The van der Waals surface area contributed by atoms with Crippen LogP contribution in [0.15, 0.2) is 54.6 Å². The van der Waals surface area contributed by atoms with Gasteiger partial charge < -0.3 is 40.5 Å². The van der Waals surface area contributed by atoms with E-state index >= 15 is 0 Å². The lowest BCUT2D eigenvalue weighted by Gasteiger charge is -2.36. The van der Waals surface area contributed by atoms with Crippen molar-refractivity contribution in [3.8, 4) is 0 Å². The van der Waals surface area contributed by atoms with Crippen LogP contribution in [0.2, 0.25) is 10.0 Å². The van der Waals surface area contributed by atoms with Crippen LogP contribution in [-0.2, 0) is 23.0 Å². The zero-order chi connectivity index (χ0) is 47.5. The van der Waals surface area contributed by atoms with Crippen molar-refractivity contribution < 1.29 is 37.8 Å². The molecule has 66 heavy (non-hydrogen) atoms. The average Bonchev–Trinajstić information content (AvgIpc) is 3.65. The van der Waals surface area contributed by atoms with Crippen LogP contribution >= 0.6 is 23.2 Å². The average molecular weight is 957 g/mol. The molecule has 0 radical (unpaired) electrons. The number of amides is 6. The van der Waals surface area contributed by atoms with Crippen molar-refractivity contribution in [2.24, 2.45) is 7.05 Å². The van der Waals surface area contributed by atoms with E-state index in [1.165, 1.54) is 4.68 Å². The number of aliphatic hydroxyl groups is 1. The first-order valence-electron chi connectivity index (χ1n) is 22.0. The molecule has 2 fully saturated rings. The third-order valence-electron chi connectivity index (χ3n) is 11.6. The molecule has 2 aliphatic heterocycles. The van der Waals surface area contributed by atoms with E-state index in [2.05, 4.69) is 36.2 Å². The summed E-state index contributed by atoms with van der Waals surface area (Å²) in [6.45, 7) is 8.37. The van der Waals surface area contributed by atoms with Gasteiger partial charge in [-0.15, -0.1) is 0 Å². The molecular formula is C45H57Cl2F2N11O6. The quantitative estimate of drug-likeness (QED) is 0.0791. The molecule has 17 nitrogen and oxygen atoms in total. The lowest BCUT2D eigenvalue weighted by Crippen LogP contribution is -2.49. The van der Waals surface area contributed by atoms with Gasteiger partial charge in [0.05, 0.1) is 22.1 Å². The number of hydrogen-bond donors (Lipinski definition) is 5. The van der Waals surface area contributed by atoms with Gasteiger partial charge in [0.2, 0.25) is 11.9 Å². The summed E-state index contributed by atoms with van der Waals surface area (Å²) in [7, 11) is 1.64. The molecule has 0 aliphatic carbocycles. The van der Waals surface area contributed by atoms with Crippen LogP contribution < -0.4 is 26.2 Å². The van der Waals surface area contributed by atoms with Crippen molar-refractivity contribution in [1.82, 2.24) is 45.5 Å². The second kappa shape index (κ2) is 22.6. The Bertz CT molecular complexity index is 2340. The monoisotopic (exact) mass is 955 g/mol. The van der Waals surface area contributed by atoms with Gasteiger partial charge in [-0.1, -0.05) is 42.3 Å². The molecule has 2 unspecified atom stereocenters. The summed E-state index contributed by atoms with van der Waals surface area (Å²) in [5.74, 6) is 0.0922. The van der Waals surface area contributed by atoms with Gasteiger partial charge in [0.25, 0.3) is 0 Å². The lowest BCUT2D eigenvalue weighted by atomic mass is 9.96. The minimum Gasteiger partial charge on any atom is -0.443 e. The molecule has 0 spiro atoms. The Hall–Kier alpha value is -5.79. The summed E-state index contributed by atoms with van der Waals surface area (Å²) in [4.78, 5) is 66.9. The number of hydrogen-bond acceptors (Lipinski definition) is 10. The molecular weight excluding hydrogens is 899 g/mol. The molecule has 21 heteroatoms. The molecule has 4 heterocycles. The predicted molar refractivity (Wildman–Crippen MR) is 245 cm³/mol. The van der Waals surface area contributed by atoms with Crippen LogP contribution in [0.4, 0.5) is 34.9 Å². The lowest BCUT2D eigenvalue weighted by molar-refractivity contribution is -0.131. The highest BCUT2D eigenvalue weighted by Crippen LogP contribution is 2.30. The van der Waals surface area contributed by atoms with Crippen molar-refractivity contribution >= 4 is 59.0 Å². The predicted octanol–water partition coefficient (Wildman–Crippen LogP) is 6.87. The number of urea groups is 2. The first-order valence-corrected chi connectivity index (χ1v) is 22.8. The molecule has 2 saturated heterocycles. The van der Waals surface area contributed by atoms with Crippen LogP contribution in [0.5, 0.6) is 0 Å². The van der Waals surface area contributed by atoms with Gasteiger partial charge >= 0.3 is 18.2 Å². The zero-order valence-electron chi connectivity index (χ0n) is 37.5. The number of anilines is 2. The number of nitrogens with zero attached hydrogens (tertiary/aromatic N) is 7. The fourth-order valence-electron chi connectivity index (χ4n) is 8.01. The van der Waals surface area contributed by atoms with Crippen molar-refractivity contribution in [2.75, 3.05) is 62.6 Å². The van der Waals surface area contributed by atoms with Gasteiger partial charge in [0, 0.05) is 89.5 Å². The summed E-state index contributed by atoms with van der Waals surface area (Å²) in [5, 5.41) is 25.6. The van der Waals surface area contributed by atoms with Crippen molar-refractivity contribution in [3.05, 3.63) is 98.9 Å². The Morgan fingerprint density at radius 2 is 1.62 bits per heavy atom. The van der Waals surface area contributed by atoms with Crippen LogP contribution in [0.25, 0.3) is 0 Å². The molecule has 2 aliphatic rings. The Morgan fingerprint density at radius 1 is 0.894 bits per heavy atom. The summed E-state index contributed by atoms with van der Waals surface area (Å²) >= 11 is 12.2. The van der Waals surface area contributed by atoms with E-state index in [0.29, 0.717) is 86.4 Å². The maximum absolute atomic E-state index is 14.4. The fourth-order valence-corrected chi connectivity index (χ4v) is 8.32. The van der Waals surface area contributed by atoms with Gasteiger partial charge in [-0.3, -0.25) is 10.1 Å². The Labute approximate surface area is 392 Å². The number of aryl methyl sites for hydroxylation is 1. The van der Waals surface area contributed by atoms with E-state index in [9.17, 15) is 33.1 Å². The number of aromatic nitrogens is 4. The Kier molecular flexibility index (Phi) is 17.0. The van der Waals surface area contributed by atoms with Crippen LogP contribution in [0, 0.1) is 11.6 Å². The molecule has 6 rings (SSSR count). The molecule has 2 aromatic carbocycles. The highest BCUT2D eigenvalue weighted by atomic mass is 35.5. The summed E-state index contributed by atoms with van der Waals surface area (Å²) in [6, 6.07) is 11.5. The number of piperidine rings is 1. The van der Waals surface area contributed by atoms with E-state index in [0.717, 1.165) is 29.7 Å². The zero-order valence-corrected chi connectivity index (χ0v) is 39.0. The minimum absolute atomic E-state index is 0.0471. The fraction of sp³-hybridized carbons (Fsp3) is 0.489. The van der Waals surface area contributed by atoms with Crippen LogP contribution in [-0.4, -0.2) is 117 Å². The van der Waals surface area contributed by atoms with Crippen molar-refractivity contribution in [1.29, 1.82) is 0 Å². The van der Waals surface area contributed by atoms with Crippen LogP contribution in [0.1, 0.15) is 93.5 Å². The summed E-state index contributed by atoms with van der Waals surface area (Å²) in [5.41, 5.74) is 0.619. The number of likely N-dealkylation sites (tertiary alicyclic amines) is 1. The second-order valence-electron chi connectivity index (χ2n) is 17.0. The summed E-state index contributed by atoms with van der Waals surface area (Å²) in [6.07, 6.45) is 1.81. The maximum atomic E-state index is 14.4. The van der Waals surface area contributed by atoms with E-state index in [4.69, 9.17) is 32.9 Å². The van der Waals surface area contributed by atoms with Gasteiger partial charge in [-0.25, -0.2) is 32.8 Å². The van der Waals surface area contributed by atoms with Crippen molar-refractivity contribution in [3.63, 3.8) is 0 Å². The molecule has 4 aromatic rings. The van der Waals surface area contributed by atoms with E-state index < -0.39 is 47.5 Å². The first-order chi connectivity index (χ1) is 31.5. The van der Waals surface area contributed by atoms with E-state index in [-0.39, 0.29) is 49.3 Å². The third kappa shape index (κ3) is 13.4. The standard InChI is InChI=1S/C45H57Cl2F2N11O6/c1-5-36(32-26-30(48)10-12-35(32)49)52-43(64)55-41-54-40(56-57(41)4)28-14-18-60(19-15-28)44(65)66-45(2,3)27-31-7-6-8-38(51-31)58-20-22-59(23-21-58)39(62)13-17-50-42(63)53-37(16-24-61)29-9-11-33(46)34(47)25-29/h6-12,25-26,28,36-37,61H,5,13-24,27H2,1-4H3,(H2,50,53,63)(H2,52,54,55,56,64). The Morgan fingerprint density at radius 3 is 2.32 bits per heavy atom. The number of nitrogens with one attached hydrogen (secondary N) is 4. The number of halogens is 4. The number of aliphatic hydroxyl groups excluding tert-OH is 1. The molecule has 2 atom stereocenters. The first kappa shape index (κ1) is 49.6. The minimum atomic E-state index is -0.875. The third-order valence-corrected chi connectivity index (χ3v) is 12.3. The molecule has 0 saturated carbocycles. The second-order valence-corrected chi connectivity index (χ2v) is 17.8. The number of pyridine rings is 1. The van der Waals surface area contributed by atoms with Gasteiger partial charge in [0.1, 0.15) is 23.1 Å². The van der Waals surface area contributed by atoms with Gasteiger partial charge in [-0.2, -0.15) is 10.1 Å². The maximum Gasteiger partial charge on any atom is 0.410 e. The van der Waals surface area contributed by atoms with E-state index in [1.54, 1.807) is 42.0 Å². The number of benzene rings is 2. The molecule has 0 bridgehead atoms. The molecule has 356 valence electrons. The number of ether oxygens (including phenoxy) is 1. The highest BCUT2D eigenvalue weighted by Gasteiger charge is 2.32. The molecule has 5 N–H and O–H groups in total. The largest absolute Gasteiger partial charge is 0.443 e. The Balaban J connectivity index is 0.912. The van der Waals surface area contributed by atoms with Crippen molar-refractivity contribution in [2.45, 2.75) is 82.9 Å². The topological polar surface area (TPSA) is 199 Å². The SMILES string of the molecule is CCC(NC(=O)Nc1nc(C2CCN(C(=O)OC(C)(C)Cc3cccc(N4CCN(C(=O)CCNC(=O)NC(CCO)c5ccc(Cl)c(Cl)c5)CC4)n3)CC2)nn1C)c1cc(F)ccc1F. The summed E-state index contributed by atoms with van der Waals surface area (Å²) < 4.78 is 35.6. The molecule has 2 aromatic heterocycles. The highest BCUT2D eigenvalue weighted by molar-refractivity contribution is 6.42. The van der Waals surface area contributed by atoms with Crippen LogP contribution in [0.3, 0.4) is 0 Å². The van der Waals surface area contributed by atoms with Gasteiger partial charge in [-0.05, 0) is 87.6 Å². The smallest absolute Gasteiger partial charge is 0.410 e. The number of carbonyl (C=O) groups excluding carboxylic acids is 4. The van der Waals surface area contributed by atoms with Gasteiger partial charge in [0.15, 0.2) is 5.82 Å². The number of piperazine rings is 1. The van der Waals surface area contributed by atoms with E-state index in [1.807, 2.05) is 32.0 Å². The normalized spacial score (nSPS) is 15.5.